The largest absolute Gasteiger partial charge is 0.504 e. The third-order valence-electron chi connectivity index (χ3n) is 6.03. The summed E-state index contributed by atoms with van der Waals surface area (Å²) in [7, 11) is 0. The third-order valence-corrected chi connectivity index (χ3v) is 6.03. The van der Waals surface area contributed by atoms with Crippen LogP contribution in [0.5, 0.6) is 11.5 Å². The van der Waals surface area contributed by atoms with Crippen LogP contribution in [0.15, 0.2) is 47.5 Å². The van der Waals surface area contributed by atoms with Crippen molar-refractivity contribution in [3.63, 3.8) is 0 Å². The van der Waals surface area contributed by atoms with Crippen molar-refractivity contribution >= 4 is 23.5 Å². The number of carbonyl (C=O) groups is 2. The number of aliphatic imine (C=N–C) groups is 1. The van der Waals surface area contributed by atoms with E-state index in [1.807, 2.05) is 9.80 Å². The van der Waals surface area contributed by atoms with Crippen molar-refractivity contribution in [1.29, 1.82) is 0 Å². The summed E-state index contributed by atoms with van der Waals surface area (Å²) >= 11 is 0. The number of esters is 1. The fraction of sp³-hybridized carbons (Fsp3) is 0.400. The number of benzene rings is 2. The number of para-hydroxylation sites is 1. The Morgan fingerprint density at radius 3 is 2.51 bits per heavy atom. The highest BCUT2D eigenvalue weighted by molar-refractivity contribution is 6.08. The van der Waals surface area contributed by atoms with Gasteiger partial charge in [-0.25, -0.2) is 9.38 Å². The number of piperazine rings is 1. The number of nitrogens with zero attached hydrogens (tertiary/aromatic N) is 3. The molecule has 2 N–H and O–H groups in total. The standard InChI is InChI=1S/C25H29FN4O5/c1-3-34-20-15-16(9-10-19(20)31)22-21(24(33)35-4-2)23(32)28-25(27-22)30-13-11-29(12-14-30)18-8-6-5-7-17(18)26/h5-10,15,21-22,31H,3-4,11-14H2,1-2H3,(H,27,28,32). The van der Waals surface area contributed by atoms with Crippen molar-refractivity contribution in [3.05, 3.63) is 53.8 Å². The van der Waals surface area contributed by atoms with E-state index in [0.29, 0.717) is 50.0 Å². The summed E-state index contributed by atoms with van der Waals surface area (Å²) in [4.78, 5) is 34.4. The summed E-state index contributed by atoms with van der Waals surface area (Å²) in [5.41, 5.74) is 1.08. The maximum atomic E-state index is 14.2. The average Bonchev–Trinajstić information content (AvgIpc) is 2.85. The van der Waals surface area contributed by atoms with Crippen LogP contribution in [0, 0.1) is 11.7 Å². The van der Waals surface area contributed by atoms with Gasteiger partial charge in [-0.05, 0) is 43.7 Å². The van der Waals surface area contributed by atoms with Crippen molar-refractivity contribution in [2.24, 2.45) is 10.9 Å². The lowest BCUT2D eigenvalue weighted by Crippen LogP contribution is -2.57. The normalized spacial score (nSPS) is 20.2. The van der Waals surface area contributed by atoms with Gasteiger partial charge in [-0.15, -0.1) is 0 Å². The first-order valence-electron chi connectivity index (χ1n) is 11.7. The molecule has 2 aliphatic rings. The monoisotopic (exact) mass is 484 g/mol. The summed E-state index contributed by atoms with van der Waals surface area (Å²) in [5.74, 6) is -2.10. The summed E-state index contributed by atoms with van der Waals surface area (Å²) in [5, 5.41) is 12.9. The highest BCUT2D eigenvalue weighted by Gasteiger charge is 2.42. The van der Waals surface area contributed by atoms with Gasteiger partial charge in [0.1, 0.15) is 11.9 Å². The van der Waals surface area contributed by atoms with E-state index in [4.69, 9.17) is 14.5 Å². The van der Waals surface area contributed by atoms with E-state index in [-0.39, 0.29) is 23.9 Å². The molecule has 4 rings (SSSR count). The summed E-state index contributed by atoms with van der Waals surface area (Å²) < 4.78 is 24.8. The number of halogens is 1. The number of nitrogens with one attached hydrogen (secondary N) is 1. The number of guanidine groups is 1. The summed E-state index contributed by atoms with van der Waals surface area (Å²) in [6.07, 6.45) is 0. The molecule has 2 aromatic carbocycles. The van der Waals surface area contributed by atoms with Crippen LogP contribution in [0.3, 0.4) is 0 Å². The number of phenolic OH excluding ortho intramolecular Hbond substituents is 1. The smallest absolute Gasteiger partial charge is 0.321 e. The fourth-order valence-electron chi connectivity index (χ4n) is 4.32. The van der Waals surface area contributed by atoms with Gasteiger partial charge in [0.25, 0.3) is 0 Å². The highest BCUT2D eigenvalue weighted by atomic mass is 19.1. The average molecular weight is 485 g/mol. The first-order chi connectivity index (χ1) is 16.9. The number of phenols is 1. The number of hydrogen-bond acceptors (Lipinski definition) is 8. The first kappa shape index (κ1) is 24.3. The lowest BCUT2D eigenvalue weighted by atomic mass is 9.91. The maximum Gasteiger partial charge on any atom is 0.321 e. The Kier molecular flexibility index (Phi) is 7.38. The molecule has 0 saturated carbocycles. The second-order valence-electron chi connectivity index (χ2n) is 8.20. The molecule has 2 atom stereocenters. The van der Waals surface area contributed by atoms with E-state index in [2.05, 4.69) is 5.32 Å². The molecule has 2 heterocycles. The molecule has 0 radical (unpaired) electrons. The summed E-state index contributed by atoms with van der Waals surface area (Å²) in [6, 6.07) is 10.4. The van der Waals surface area contributed by atoms with Gasteiger partial charge < -0.3 is 24.4 Å². The molecule has 0 bridgehead atoms. The number of aromatic hydroxyl groups is 1. The van der Waals surface area contributed by atoms with Gasteiger partial charge in [-0.3, -0.25) is 14.9 Å². The SMILES string of the molecule is CCOC(=O)C1C(=O)NC(N2CCN(c3ccccc3F)CC2)=NC1c1ccc(O)c(OCC)c1. The molecule has 186 valence electrons. The van der Waals surface area contributed by atoms with Crippen LogP contribution in [0.2, 0.25) is 0 Å². The number of hydrogen-bond donors (Lipinski definition) is 2. The number of carbonyl (C=O) groups excluding carboxylic acids is 2. The second kappa shape index (κ2) is 10.6. The van der Waals surface area contributed by atoms with E-state index in [1.54, 1.807) is 44.2 Å². The maximum absolute atomic E-state index is 14.2. The molecule has 0 aliphatic carbocycles. The van der Waals surface area contributed by atoms with Crippen LogP contribution in [-0.2, 0) is 14.3 Å². The van der Waals surface area contributed by atoms with Crippen LogP contribution in [0.4, 0.5) is 10.1 Å². The molecule has 2 aromatic rings. The third kappa shape index (κ3) is 5.16. The van der Waals surface area contributed by atoms with E-state index >= 15 is 0 Å². The Labute approximate surface area is 203 Å². The zero-order chi connectivity index (χ0) is 24.9. The molecule has 1 fully saturated rings. The summed E-state index contributed by atoms with van der Waals surface area (Å²) in [6.45, 7) is 6.01. The van der Waals surface area contributed by atoms with Gasteiger partial charge in [0.2, 0.25) is 11.9 Å². The van der Waals surface area contributed by atoms with Crippen molar-refractivity contribution in [3.8, 4) is 11.5 Å². The number of rotatable bonds is 6. The molecular formula is C25H29FN4O5. The molecular weight excluding hydrogens is 455 g/mol. The molecule has 9 nitrogen and oxygen atoms in total. The van der Waals surface area contributed by atoms with Crippen LogP contribution < -0.4 is 15.0 Å². The molecule has 10 heteroatoms. The molecule has 2 unspecified atom stereocenters. The minimum atomic E-state index is -1.18. The predicted molar refractivity (Wildman–Crippen MR) is 128 cm³/mol. The number of amides is 1. The van der Waals surface area contributed by atoms with E-state index in [0.717, 1.165) is 0 Å². The Balaban J connectivity index is 1.61. The fourth-order valence-corrected chi connectivity index (χ4v) is 4.32. The van der Waals surface area contributed by atoms with Crippen molar-refractivity contribution in [2.75, 3.05) is 44.3 Å². The van der Waals surface area contributed by atoms with Crippen LogP contribution in [-0.4, -0.2) is 67.2 Å². The number of anilines is 1. The van der Waals surface area contributed by atoms with Gasteiger partial charge in [0.05, 0.1) is 18.9 Å². The number of ether oxygens (including phenoxy) is 2. The zero-order valence-electron chi connectivity index (χ0n) is 19.7. The predicted octanol–water partition coefficient (Wildman–Crippen LogP) is 2.46. The van der Waals surface area contributed by atoms with Crippen molar-refractivity contribution < 1.29 is 28.6 Å². The molecule has 35 heavy (non-hydrogen) atoms. The van der Waals surface area contributed by atoms with Crippen LogP contribution in [0.25, 0.3) is 0 Å². The van der Waals surface area contributed by atoms with Crippen molar-refractivity contribution in [1.82, 2.24) is 10.2 Å². The van der Waals surface area contributed by atoms with Crippen LogP contribution >= 0.6 is 0 Å². The Morgan fingerprint density at radius 2 is 1.83 bits per heavy atom. The lowest BCUT2D eigenvalue weighted by Gasteiger charge is -2.39. The lowest BCUT2D eigenvalue weighted by molar-refractivity contribution is -0.153. The van der Waals surface area contributed by atoms with Crippen molar-refractivity contribution in [2.45, 2.75) is 19.9 Å². The second-order valence-corrected chi connectivity index (χ2v) is 8.20. The molecule has 2 aliphatic heterocycles. The van der Waals surface area contributed by atoms with E-state index < -0.39 is 23.8 Å². The van der Waals surface area contributed by atoms with Gasteiger partial charge in [0.15, 0.2) is 17.4 Å². The van der Waals surface area contributed by atoms with E-state index in [9.17, 15) is 19.1 Å². The quantitative estimate of drug-likeness (QED) is 0.480. The Bertz CT molecular complexity index is 1120. The van der Waals surface area contributed by atoms with Gasteiger partial charge in [0, 0.05) is 26.2 Å². The zero-order valence-corrected chi connectivity index (χ0v) is 19.7. The molecule has 0 aromatic heterocycles. The van der Waals surface area contributed by atoms with Gasteiger partial charge in [-0.2, -0.15) is 0 Å². The van der Waals surface area contributed by atoms with E-state index in [1.165, 1.54) is 12.1 Å². The van der Waals surface area contributed by atoms with Crippen LogP contribution in [0.1, 0.15) is 25.5 Å². The molecule has 0 spiro atoms. The molecule has 1 amide bonds. The highest BCUT2D eigenvalue weighted by Crippen LogP contribution is 2.36. The Morgan fingerprint density at radius 1 is 1.11 bits per heavy atom. The Hall–Kier alpha value is -3.82. The topological polar surface area (TPSA) is 104 Å². The minimum Gasteiger partial charge on any atom is -0.504 e. The minimum absolute atomic E-state index is 0.0444. The van der Waals surface area contributed by atoms with Gasteiger partial charge >= 0.3 is 5.97 Å². The first-order valence-corrected chi connectivity index (χ1v) is 11.7. The molecule has 1 saturated heterocycles. The van der Waals surface area contributed by atoms with Gasteiger partial charge in [-0.1, -0.05) is 18.2 Å².